The van der Waals surface area contributed by atoms with Gasteiger partial charge in [-0.25, -0.2) is 0 Å². The van der Waals surface area contributed by atoms with Gasteiger partial charge in [0.1, 0.15) is 5.78 Å². The van der Waals surface area contributed by atoms with Crippen LogP contribution in [0, 0.1) is 6.61 Å². The lowest BCUT2D eigenvalue weighted by Crippen LogP contribution is -1.98. The molecule has 0 fully saturated rings. The topological polar surface area (TPSA) is 26.3 Å². The number of hydrogen-bond donors (Lipinski definition) is 0. The normalized spacial score (nSPS) is 10.3. The van der Waals surface area contributed by atoms with Gasteiger partial charge in [-0.05, 0) is 19.8 Å². The van der Waals surface area contributed by atoms with E-state index in [1.54, 1.807) is 6.61 Å². The molecule has 0 aliphatic heterocycles. The summed E-state index contributed by atoms with van der Waals surface area (Å²) in [6.07, 6.45) is 5.54. The van der Waals surface area contributed by atoms with E-state index >= 15 is 0 Å². The number of ketones is 1. The fourth-order valence-corrected chi connectivity index (χ4v) is 1.12. The highest BCUT2D eigenvalue weighted by molar-refractivity contribution is 5.78. The lowest BCUT2D eigenvalue weighted by Gasteiger charge is -2.00. The van der Waals surface area contributed by atoms with Gasteiger partial charge < -0.3 is 4.74 Å². The number of ether oxygens (including phenoxy) is 1. The van der Waals surface area contributed by atoms with Crippen molar-refractivity contribution in [2.24, 2.45) is 0 Å². The molecule has 0 saturated carbocycles. The lowest BCUT2D eigenvalue weighted by atomic mass is 10.1. The summed E-state index contributed by atoms with van der Waals surface area (Å²) in [6.45, 7) is 6.52. The molecule has 0 spiro atoms. The SMILES string of the molecule is CCCCCC(=O)CC[CH]OCC. The van der Waals surface area contributed by atoms with Crippen molar-refractivity contribution in [3.8, 4) is 0 Å². The van der Waals surface area contributed by atoms with Crippen molar-refractivity contribution < 1.29 is 9.53 Å². The third-order valence-electron chi connectivity index (χ3n) is 1.88. The van der Waals surface area contributed by atoms with E-state index in [4.69, 9.17) is 4.74 Å². The van der Waals surface area contributed by atoms with Crippen molar-refractivity contribution >= 4 is 5.78 Å². The Labute approximate surface area is 81.7 Å². The summed E-state index contributed by atoms with van der Waals surface area (Å²) in [7, 11) is 0. The fraction of sp³-hybridized carbons (Fsp3) is 0.818. The van der Waals surface area contributed by atoms with Gasteiger partial charge in [0.05, 0.1) is 6.61 Å². The molecule has 0 amide bonds. The summed E-state index contributed by atoms with van der Waals surface area (Å²) in [5, 5.41) is 0. The summed E-state index contributed by atoms with van der Waals surface area (Å²) in [5.41, 5.74) is 0. The van der Waals surface area contributed by atoms with E-state index in [0.717, 1.165) is 19.3 Å². The second kappa shape index (κ2) is 9.72. The van der Waals surface area contributed by atoms with Crippen molar-refractivity contribution in [2.75, 3.05) is 6.61 Å². The molecule has 2 heteroatoms. The molecule has 0 N–H and O–H groups in total. The van der Waals surface area contributed by atoms with Crippen molar-refractivity contribution in [3.05, 3.63) is 6.61 Å². The molecule has 13 heavy (non-hydrogen) atoms. The van der Waals surface area contributed by atoms with Gasteiger partial charge in [0.25, 0.3) is 0 Å². The number of hydrogen-bond acceptors (Lipinski definition) is 2. The van der Waals surface area contributed by atoms with E-state index < -0.39 is 0 Å². The van der Waals surface area contributed by atoms with E-state index in [1.165, 1.54) is 12.8 Å². The first-order valence-electron chi connectivity index (χ1n) is 5.26. The van der Waals surface area contributed by atoms with Crippen molar-refractivity contribution in [2.45, 2.75) is 52.4 Å². The maximum atomic E-state index is 11.2. The molecular weight excluding hydrogens is 164 g/mol. The van der Waals surface area contributed by atoms with Crippen LogP contribution in [0.2, 0.25) is 0 Å². The highest BCUT2D eigenvalue weighted by atomic mass is 16.5. The third-order valence-corrected chi connectivity index (χ3v) is 1.88. The second-order valence-electron chi connectivity index (χ2n) is 3.16. The van der Waals surface area contributed by atoms with E-state index in [-0.39, 0.29) is 0 Å². The highest BCUT2D eigenvalue weighted by Gasteiger charge is 2.00. The highest BCUT2D eigenvalue weighted by Crippen LogP contribution is 2.04. The molecule has 0 saturated heterocycles. The number of Topliss-reactive ketones (excluding diaryl/α,β-unsaturated/α-hetero) is 1. The standard InChI is InChI=1S/C11H21O2/c1-3-5-6-8-11(12)9-7-10-13-4-2/h10H,3-9H2,1-2H3. The number of unbranched alkanes of at least 4 members (excludes halogenated alkanes) is 2. The number of carbonyl (C=O) groups excluding carboxylic acids is 1. The van der Waals surface area contributed by atoms with Crippen LogP contribution >= 0.6 is 0 Å². The Kier molecular flexibility index (Phi) is 9.44. The zero-order valence-electron chi connectivity index (χ0n) is 8.84. The molecule has 0 atom stereocenters. The van der Waals surface area contributed by atoms with Crippen LogP contribution < -0.4 is 0 Å². The molecule has 0 unspecified atom stereocenters. The molecular formula is C11H21O2. The first-order chi connectivity index (χ1) is 6.31. The van der Waals surface area contributed by atoms with E-state index in [2.05, 4.69) is 6.92 Å². The third kappa shape index (κ3) is 9.54. The molecule has 1 radical (unpaired) electrons. The predicted molar refractivity (Wildman–Crippen MR) is 54.3 cm³/mol. The molecule has 0 aliphatic rings. The van der Waals surface area contributed by atoms with Crippen LogP contribution in [0.25, 0.3) is 0 Å². The van der Waals surface area contributed by atoms with E-state index in [0.29, 0.717) is 18.8 Å². The van der Waals surface area contributed by atoms with Gasteiger partial charge in [-0.1, -0.05) is 19.8 Å². The first-order valence-corrected chi connectivity index (χ1v) is 5.26. The smallest absolute Gasteiger partial charge is 0.133 e. The van der Waals surface area contributed by atoms with E-state index in [9.17, 15) is 4.79 Å². The maximum absolute atomic E-state index is 11.2. The van der Waals surface area contributed by atoms with Crippen molar-refractivity contribution in [3.63, 3.8) is 0 Å². The maximum Gasteiger partial charge on any atom is 0.133 e. The minimum atomic E-state index is 0.365. The van der Waals surface area contributed by atoms with Crippen LogP contribution in [0.4, 0.5) is 0 Å². The Morgan fingerprint density at radius 3 is 2.62 bits per heavy atom. The van der Waals surface area contributed by atoms with Gasteiger partial charge >= 0.3 is 0 Å². The summed E-state index contributed by atoms with van der Waals surface area (Å²) < 4.78 is 5.03. The van der Waals surface area contributed by atoms with Gasteiger partial charge in [0, 0.05) is 19.4 Å². The monoisotopic (exact) mass is 185 g/mol. The quantitative estimate of drug-likeness (QED) is 0.516. The average molecular weight is 185 g/mol. The molecule has 0 heterocycles. The summed E-state index contributed by atoms with van der Waals surface area (Å²) in [6, 6.07) is 0. The van der Waals surface area contributed by atoms with Gasteiger partial charge in [0.2, 0.25) is 0 Å². The van der Waals surface area contributed by atoms with Crippen LogP contribution in [0.1, 0.15) is 52.4 Å². The van der Waals surface area contributed by atoms with Gasteiger partial charge in [-0.3, -0.25) is 4.79 Å². The molecule has 0 aromatic heterocycles. The minimum absolute atomic E-state index is 0.365. The van der Waals surface area contributed by atoms with Crippen molar-refractivity contribution in [1.29, 1.82) is 0 Å². The lowest BCUT2D eigenvalue weighted by molar-refractivity contribution is -0.119. The zero-order valence-corrected chi connectivity index (χ0v) is 8.84. The molecule has 77 valence electrons. The molecule has 2 nitrogen and oxygen atoms in total. The van der Waals surface area contributed by atoms with Gasteiger partial charge in [-0.15, -0.1) is 0 Å². The first kappa shape index (κ1) is 12.6. The molecule has 0 rings (SSSR count). The van der Waals surface area contributed by atoms with Gasteiger partial charge in [-0.2, -0.15) is 0 Å². The fourth-order valence-electron chi connectivity index (χ4n) is 1.12. The summed E-state index contributed by atoms with van der Waals surface area (Å²) >= 11 is 0. The molecule has 0 aromatic carbocycles. The largest absolute Gasteiger partial charge is 0.376 e. The predicted octanol–water partition coefficient (Wildman–Crippen LogP) is 3.11. The second-order valence-corrected chi connectivity index (χ2v) is 3.16. The van der Waals surface area contributed by atoms with Gasteiger partial charge in [0.15, 0.2) is 0 Å². The Morgan fingerprint density at radius 1 is 1.23 bits per heavy atom. The number of rotatable bonds is 9. The summed E-state index contributed by atoms with van der Waals surface area (Å²) in [5.74, 6) is 0.365. The molecule has 0 bridgehead atoms. The van der Waals surface area contributed by atoms with Crippen LogP contribution in [0.5, 0.6) is 0 Å². The zero-order chi connectivity index (χ0) is 9.94. The van der Waals surface area contributed by atoms with E-state index in [1.807, 2.05) is 6.92 Å². The van der Waals surface area contributed by atoms with Crippen LogP contribution in [-0.4, -0.2) is 12.4 Å². The Balaban J connectivity index is 3.11. The average Bonchev–Trinajstić information content (AvgIpc) is 2.13. The van der Waals surface area contributed by atoms with Crippen LogP contribution in [-0.2, 0) is 9.53 Å². The van der Waals surface area contributed by atoms with Crippen LogP contribution in [0.15, 0.2) is 0 Å². The number of carbonyl (C=O) groups is 1. The van der Waals surface area contributed by atoms with Crippen molar-refractivity contribution in [1.82, 2.24) is 0 Å². The Hall–Kier alpha value is -0.370. The van der Waals surface area contributed by atoms with Crippen LogP contribution in [0.3, 0.4) is 0 Å². The summed E-state index contributed by atoms with van der Waals surface area (Å²) in [4.78, 5) is 11.2. The Bertz CT molecular complexity index is 121. The Morgan fingerprint density at radius 2 is 2.00 bits per heavy atom. The minimum Gasteiger partial charge on any atom is -0.376 e. The molecule has 0 aromatic rings. The molecule has 0 aliphatic carbocycles.